The normalized spacial score (nSPS) is 16.2. The lowest BCUT2D eigenvalue weighted by atomic mass is 10.0. The topological polar surface area (TPSA) is 61.6 Å². The molecule has 0 spiro atoms. The Morgan fingerprint density at radius 1 is 1.56 bits per heavy atom. The van der Waals surface area contributed by atoms with Gasteiger partial charge in [-0.05, 0) is 19.1 Å². The van der Waals surface area contributed by atoms with Crippen molar-refractivity contribution in [1.29, 1.82) is 0 Å². The highest BCUT2D eigenvalue weighted by Gasteiger charge is 2.20. The third-order valence-electron chi connectivity index (χ3n) is 2.38. The maximum absolute atomic E-state index is 13.6. The molecular weight excluding hydrogens is 213 g/mol. The zero-order valence-electron chi connectivity index (χ0n) is 8.83. The van der Waals surface area contributed by atoms with Gasteiger partial charge in [-0.15, -0.1) is 0 Å². The summed E-state index contributed by atoms with van der Waals surface area (Å²) in [5.41, 5.74) is 6.00. The Labute approximate surface area is 92.1 Å². The molecule has 1 heterocycles. The van der Waals surface area contributed by atoms with Gasteiger partial charge in [-0.25, -0.2) is 4.39 Å². The van der Waals surface area contributed by atoms with Crippen LogP contribution >= 0.6 is 0 Å². The van der Waals surface area contributed by atoms with Gasteiger partial charge in [-0.1, -0.05) is 0 Å². The van der Waals surface area contributed by atoms with Crippen molar-refractivity contribution in [3.63, 3.8) is 0 Å². The number of fused-ring (bicyclic) bond motifs is 1. The number of rotatable bonds is 2. The molecule has 0 radical (unpaired) electrons. The number of ketones is 1. The second-order valence-electron chi connectivity index (χ2n) is 3.70. The van der Waals surface area contributed by atoms with Gasteiger partial charge in [0.15, 0.2) is 12.6 Å². The van der Waals surface area contributed by atoms with Crippen molar-refractivity contribution in [3.05, 3.63) is 29.1 Å². The number of carbonyl (C=O) groups is 1. The van der Waals surface area contributed by atoms with E-state index in [0.29, 0.717) is 17.9 Å². The molecule has 1 aromatic rings. The molecule has 1 aliphatic heterocycles. The van der Waals surface area contributed by atoms with Gasteiger partial charge >= 0.3 is 0 Å². The third kappa shape index (κ3) is 1.91. The molecule has 0 saturated carbocycles. The lowest BCUT2D eigenvalue weighted by Gasteiger charge is -2.18. The van der Waals surface area contributed by atoms with Gasteiger partial charge in [0.1, 0.15) is 11.6 Å². The Morgan fingerprint density at radius 3 is 3.00 bits per heavy atom. The van der Waals surface area contributed by atoms with E-state index in [9.17, 15) is 9.18 Å². The van der Waals surface area contributed by atoms with Crippen molar-refractivity contribution >= 4 is 5.78 Å². The van der Waals surface area contributed by atoms with Crippen molar-refractivity contribution in [2.75, 3.05) is 6.79 Å². The lowest BCUT2D eigenvalue weighted by molar-refractivity contribution is -0.0166. The standard InChI is InChI=1S/C11H12FNO3/c1-6(13)11(14)8-3-10-7(2-9(8)12)4-15-5-16-10/h2-3,6H,4-5,13H2,1H3. The maximum Gasteiger partial charge on any atom is 0.189 e. The average Bonchev–Trinajstić information content (AvgIpc) is 2.27. The van der Waals surface area contributed by atoms with E-state index in [2.05, 4.69) is 0 Å². The van der Waals surface area contributed by atoms with E-state index >= 15 is 0 Å². The molecule has 4 nitrogen and oxygen atoms in total. The summed E-state index contributed by atoms with van der Waals surface area (Å²) in [5, 5.41) is 0. The minimum absolute atomic E-state index is 0.0318. The van der Waals surface area contributed by atoms with Crippen LogP contribution in [0.25, 0.3) is 0 Å². The number of nitrogens with two attached hydrogens (primary N) is 1. The lowest BCUT2D eigenvalue weighted by Crippen LogP contribution is -2.27. The summed E-state index contributed by atoms with van der Waals surface area (Å²) in [6.45, 7) is 1.93. The quantitative estimate of drug-likeness (QED) is 0.769. The van der Waals surface area contributed by atoms with Crippen LogP contribution in [0.2, 0.25) is 0 Å². The fourth-order valence-electron chi connectivity index (χ4n) is 1.53. The molecule has 1 atom stereocenters. The number of hydrogen-bond donors (Lipinski definition) is 1. The molecule has 5 heteroatoms. The number of hydrogen-bond acceptors (Lipinski definition) is 4. The van der Waals surface area contributed by atoms with E-state index in [1.54, 1.807) is 0 Å². The van der Waals surface area contributed by atoms with Crippen molar-refractivity contribution in [2.45, 2.75) is 19.6 Å². The molecule has 0 bridgehead atoms. The molecule has 1 unspecified atom stereocenters. The molecule has 0 fully saturated rings. The van der Waals surface area contributed by atoms with E-state index in [4.69, 9.17) is 15.2 Å². The van der Waals surface area contributed by atoms with Crippen LogP contribution in [-0.4, -0.2) is 18.6 Å². The van der Waals surface area contributed by atoms with Gasteiger partial charge in [0.2, 0.25) is 0 Å². The molecule has 0 aromatic heterocycles. The number of ether oxygens (including phenoxy) is 2. The molecule has 1 aromatic carbocycles. The van der Waals surface area contributed by atoms with Crippen LogP contribution in [0.5, 0.6) is 5.75 Å². The predicted molar refractivity (Wildman–Crippen MR) is 54.7 cm³/mol. The van der Waals surface area contributed by atoms with Crippen LogP contribution in [0.1, 0.15) is 22.8 Å². The summed E-state index contributed by atoms with van der Waals surface area (Å²) in [6.07, 6.45) is 0. The molecule has 0 amide bonds. The highest BCUT2D eigenvalue weighted by Crippen LogP contribution is 2.27. The van der Waals surface area contributed by atoms with E-state index in [1.807, 2.05) is 0 Å². The second-order valence-corrected chi connectivity index (χ2v) is 3.70. The monoisotopic (exact) mass is 225 g/mol. The Balaban J connectivity index is 2.43. The fraction of sp³-hybridized carbons (Fsp3) is 0.364. The van der Waals surface area contributed by atoms with E-state index < -0.39 is 17.6 Å². The summed E-state index contributed by atoms with van der Waals surface area (Å²) in [6, 6.07) is 1.91. The minimum atomic E-state index is -0.729. The van der Waals surface area contributed by atoms with Gasteiger partial charge in [0, 0.05) is 5.56 Å². The first-order chi connectivity index (χ1) is 7.59. The highest BCUT2D eigenvalue weighted by atomic mass is 19.1. The van der Waals surface area contributed by atoms with Crippen molar-refractivity contribution < 1.29 is 18.7 Å². The van der Waals surface area contributed by atoms with Gasteiger partial charge in [0.05, 0.1) is 18.2 Å². The van der Waals surface area contributed by atoms with Crippen LogP contribution in [0.15, 0.2) is 12.1 Å². The Kier molecular flexibility index (Phi) is 2.89. The van der Waals surface area contributed by atoms with Gasteiger partial charge in [0.25, 0.3) is 0 Å². The Bertz CT molecular complexity index is 431. The van der Waals surface area contributed by atoms with Crippen LogP contribution in [0.4, 0.5) is 4.39 Å². The van der Waals surface area contributed by atoms with E-state index in [0.717, 1.165) is 0 Å². The Hall–Kier alpha value is -1.46. The summed E-state index contributed by atoms with van der Waals surface area (Å²) < 4.78 is 23.8. The molecular formula is C11H12FNO3. The zero-order valence-corrected chi connectivity index (χ0v) is 8.83. The highest BCUT2D eigenvalue weighted by molar-refractivity contribution is 6.00. The molecule has 0 aliphatic carbocycles. The van der Waals surface area contributed by atoms with Crippen LogP contribution < -0.4 is 10.5 Å². The van der Waals surface area contributed by atoms with E-state index in [1.165, 1.54) is 19.1 Å². The Morgan fingerprint density at radius 2 is 2.31 bits per heavy atom. The molecule has 2 rings (SSSR count). The van der Waals surface area contributed by atoms with Crippen LogP contribution in [-0.2, 0) is 11.3 Å². The van der Waals surface area contributed by atoms with Crippen molar-refractivity contribution in [2.24, 2.45) is 5.73 Å². The number of halogens is 1. The average molecular weight is 225 g/mol. The predicted octanol–water partition coefficient (Wildman–Crippen LogP) is 1.22. The molecule has 1 aliphatic rings. The largest absolute Gasteiger partial charge is 0.467 e. The number of benzene rings is 1. The fourth-order valence-corrected chi connectivity index (χ4v) is 1.53. The van der Waals surface area contributed by atoms with Crippen LogP contribution in [0.3, 0.4) is 0 Å². The van der Waals surface area contributed by atoms with E-state index in [-0.39, 0.29) is 12.4 Å². The molecule has 86 valence electrons. The smallest absolute Gasteiger partial charge is 0.189 e. The first-order valence-electron chi connectivity index (χ1n) is 4.92. The van der Waals surface area contributed by atoms with Crippen molar-refractivity contribution in [1.82, 2.24) is 0 Å². The first-order valence-corrected chi connectivity index (χ1v) is 4.92. The van der Waals surface area contributed by atoms with Crippen LogP contribution in [0, 0.1) is 5.82 Å². The van der Waals surface area contributed by atoms with Gasteiger partial charge in [-0.3, -0.25) is 4.79 Å². The first kappa shape index (κ1) is 11.0. The summed E-state index contributed by atoms with van der Waals surface area (Å²) >= 11 is 0. The summed E-state index contributed by atoms with van der Waals surface area (Å²) in [7, 11) is 0. The minimum Gasteiger partial charge on any atom is -0.467 e. The summed E-state index contributed by atoms with van der Waals surface area (Å²) in [4.78, 5) is 11.6. The van der Waals surface area contributed by atoms with Crippen molar-refractivity contribution in [3.8, 4) is 5.75 Å². The molecule has 2 N–H and O–H groups in total. The maximum atomic E-state index is 13.6. The third-order valence-corrected chi connectivity index (χ3v) is 2.38. The number of carbonyl (C=O) groups excluding carboxylic acids is 1. The summed E-state index contributed by atoms with van der Waals surface area (Å²) in [5.74, 6) is -0.540. The SMILES string of the molecule is CC(N)C(=O)c1cc2c(cc1F)COCO2. The number of Topliss-reactive ketones (excluding diaryl/α,β-unsaturated/α-hetero) is 1. The molecule has 0 saturated heterocycles. The second kappa shape index (κ2) is 4.19. The van der Waals surface area contributed by atoms with Gasteiger partial charge < -0.3 is 15.2 Å². The zero-order chi connectivity index (χ0) is 11.7. The molecule has 16 heavy (non-hydrogen) atoms. The van der Waals surface area contributed by atoms with Gasteiger partial charge in [-0.2, -0.15) is 0 Å².